The molecule has 11 nitrogen and oxygen atoms in total. The van der Waals surface area contributed by atoms with Crippen molar-refractivity contribution in [3.63, 3.8) is 0 Å². The largest absolute Gasteiger partial charge is 0.481 e. The van der Waals surface area contributed by atoms with Crippen LogP contribution in [0.4, 0.5) is 0 Å². The van der Waals surface area contributed by atoms with Crippen LogP contribution in [-0.4, -0.2) is 86.9 Å². The molecule has 5 N–H and O–H groups in total. The molecule has 11 heteroatoms. The molecular formula is C20H32N4O7. The molecule has 2 heterocycles. The van der Waals surface area contributed by atoms with Crippen LogP contribution in [0.3, 0.4) is 0 Å². The second-order valence-corrected chi connectivity index (χ2v) is 8.49. The Morgan fingerprint density at radius 1 is 1.00 bits per heavy atom. The number of aliphatic carboxylic acids is 2. The van der Waals surface area contributed by atoms with Gasteiger partial charge in [0, 0.05) is 19.5 Å². The van der Waals surface area contributed by atoms with Crippen LogP contribution in [0.25, 0.3) is 0 Å². The summed E-state index contributed by atoms with van der Waals surface area (Å²) in [7, 11) is 0. The van der Waals surface area contributed by atoms with E-state index in [1.54, 1.807) is 13.8 Å². The molecule has 0 aromatic carbocycles. The monoisotopic (exact) mass is 440 g/mol. The number of carbonyl (C=O) groups is 5. The van der Waals surface area contributed by atoms with E-state index in [4.69, 9.17) is 10.8 Å². The summed E-state index contributed by atoms with van der Waals surface area (Å²) in [6.45, 7) is 4.18. The van der Waals surface area contributed by atoms with Gasteiger partial charge in [-0.15, -0.1) is 0 Å². The highest BCUT2D eigenvalue weighted by molar-refractivity contribution is 5.95. The Bertz CT molecular complexity index is 726. The van der Waals surface area contributed by atoms with Crippen molar-refractivity contribution in [2.75, 3.05) is 13.1 Å². The fourth-order valence-electron chi connectivity index (χ4n) is 4.13. The SMILES string of the molecule is CC(C)C(NC(=O)C(N)CCC(=O)O)C(=O)N1CCCC1C(=O)N1CCCC1C(=O)O. The number of nitrogens with zero attached hydrogens (tertiary/aromatic N) is 2. The van der Waals surface area contributed by atoms with E-state index in [-0.39, 0.29) is 24.7 Å². The molecule has 2 aliphatic heterocycles. The maximum absolute atomic E-state index is 13.2. The number of carboxylic acids is 2. The topological polar surface area (TPSA) is 170 Å². The summed E-state index contributed by atoms with van der Waals surface area (Å²) in [5.41, 5.74) is 5.75. The molecule has 0 radical (unpaired) electrons. The normalized spacial score (nSPS) is 23.0. The first kappa shape index (κ1) is 24.6. The molecule has 2 fully saturated rings. The molecule has 0 saturated carbocycles. The molecule has 0 bridgehead atoms. The van der Waals surface area contributed by atoms with Gasteiger partial charge in [0.1, 0.15) is 18.1 Å². The third-order valence-electron chi connectivity index (χ3n) is 5.88. The Kier molecular flexibility index (Phi) is 8.37. The third-order valence-corrected chi connectivity index (χ3v) is 5.88. The molecule has 2 saturated heterocycles. The third kappa shape index (κ3) is 5.93. The van der Waals surface area contributed by atoms with Gasteiger partial charge in [-0.2, -0.15) is 0 Å². The van der Waals surface area contributed by atoms with Crippen LogP contribution in [0, 0.1) is 5.92 Å². The van der Waals surface area contributed by atoms with Crippen molar-refractivity contribution in [2.24, 2.45) is 11.7 Å². The highest BCUT2D eigenvalue weighted by atomic mass is 16.4. The highest BCUT2D eigenvalue weighted by Gasteiger charge is 2.44. The van der Waals surface area contributed by atoms with Gasteiger partial charge in [-0.25, -0.2) is 4.79 Å². The smallest absolute Gasteiger partial charge is 0.326 e. The van der Waals surface area contributed by atoms with E-state index in [2.05, 4.69) is 5.32 Å². The number of nitrogens with one attached hydrogen (secondary N) is 1. The van der Waals surface area contributed by atoms with Crippen LogP contribution in [0.1, 0.15) is 52.4 Å². The number of nitrogens with two attached hydrogens (primary N) is 1. The Labute approximate surface area is 180 Å². The highest BCUT2D eigenvalue weighted by Crippen LogP contribution is 2.26. The molecule has 31 heavy (non-hydrogen) atoms. The number of likely N-dealkylation sites (tertiary alicyclic amines) is 2. The van der Waals surface area contributed by atoms with E-state index in [0.717, 1.165) is 0 Å². The van der Waals surface area contributed by atoms with Crippen molar-refractivity contribution in [1.29, 1.82) is 0 Å². The van der Waals surface area contributed by atoms with E-state index in [1.165, 1.54) is 9.80 Å². The van der Waals surface area contributed by atoms with Crippen LogP contribution in [0.2, 0.25) is 0 Å². The molecule has 2 aliphatic rings. The average Bonchev–Trinajstić information content (AvgIpc) is 3.38. The summed E-state index contributed by atoms with van der Waals surface area (Å²) < 4.78 is 0. The zero-order valence-electron chi connectivity index (χ0n) is 18.0. The van der Waals surface area contributed by atoms with Crippen molar-refractivity contribution in [1.82, 2.24) is 15.1 Å². The molecule has 174 valence electrons. The van der Waals surface area contributed by atoms with Gasteiger partial charge in [-0.1, -0.05) is 13.8 Å². The number of hydrogen-bond donors (Lipinski definition) is 4. The summed E-state index contributed by atoms with van der Waals surface area (Å²) in [6.07, 6.45) is 1.70. The van der Waals surface area contributed by atoms with Gasteiger partial charge in [0.25, 0.3) is 0 Å². The standard InChI is InChI=1S/C20H32N4O7/c1-11(2)16(22-17(27)12(21)7-8-15(25)26)19(29)23-9-3-5-13(23)18(28)24-10-4-6-14(24)20(30)31/h11-14,16H,3-10,21H2,1-2H3,(H,22,27)(H,25,26)(H,30,31). The lowest BCUT2D eigenvalue weighted by Crippen LogP contribution is -2.58. The second kappa shape index (κ2) is 10.6. The predicted molar refractivity (Wildman–Crippen MR) is 109 cm³/mol. The van der Waals surface area contributed by atoms with E-state index in [1.807, 2.05) is 0 Å². The first-order valence-corrected chi connectivity index (χ1v) is 10.7. The molecule has 0 aromatic heterocycles. The number of amides is 3. The van der Waals surface area contributed by atoms with Crippen LogP contribution in [-0.2, 0) is 24.0 Å². The van der Waals surface area contributed by atoms with Crippen LogP contribution in [0.5, 0.6) is 0 Å². The minimum absolute atomic E-state index is 0.0590. The lowest BCUT2D eigenvalue weighted by atomic mass is 10.0. The van der Waals surface area contributed by atoms with Crippen LogP contribution >= 0.6 is 0 Å². The van der Waals surface area contributed by atoms with E-state index < -0.39 is 47.9 Å². The first-order valence-electron chi connectivity index (χ1n) is 10.7. The number of carboxylic acid groups (broad SMARTS) is 2. The fraction of sp³-hybridized carbons (Fsp3) is 0.750. The van der Waals surface area contributed by atoms with Crippen molar-refractivity contribution >= 4 is 29.7 Å². The molecule has 0 aromatic rings. The molecule has 0 spiro atoms. The Morgan fingerprint density at radius 2 is 1.58 bits per heavy atom. The summed E-state index contributed by atoms with van der Waals surface area (Å²) in [5, 5.41) is 20.7. The maximum Gasteiger partial charge on any atom is 0.326 e. The van der Waals surface area contributed by atoms with Crippen molar-refractivity contribution in [2.45, 2.75) is 76.5 Å². The van der Waals surface area contributed by atoms with Gasteiger partial charge in [0.05, 0.1) is 6.04 Å². The zero-order chi connectivity index (χ0) is 23.3. The van der Waals surface area contributed by atoms with E-state index in [0.29, 0.717) is 38.8 Å². The summed E-state index contributed by atoms with van der Waals surface area (Å²) in [4.78, 5) is 63.6. The van der Waals surface area contributed by atoms with Gasteiger partial charge in [-0.05, 0) is 38.0 Å². The summed E-state index contributed by atoms with van der Waals surface area (Å²) in [5.74, 6) is -3.83. The van der Waals surface area contributed by atoms with Gasteiger partial charge >= 0.3 is 11.9 Å². The van der Waals surface area contributed by atoms with Crippen LogP contribution in [0.15, 0.2) is 0 Å². The molecular weight excluding hydrogens is 408 g/mol. The maximum atomic E-state index is 13.2. The van der Waals surface area contributed by atoms with Gasteiger partial charge in [0.15, 0.2) is 0 Å². The fourth-order valence-corrected chi connectivity index (χ4v) is 4.13. The van der Waals surface area contributed by atoms with Gasteiger partial charge < -0.3 is 31.1 Å². The van der Waals surface area contributed by atoms with Crippen molar-refractivity contribution < 1.29 is 34.2 Å². The number of carbonyl (C=O) groups excluding carboxylic acids is 3. The molecule has 2 rings (SSSR count). The summed E-state index contributed by atoms with van der Waals surface area (Å²) >= 11 is 0. The van der Waals surface area contributed by atoms with E-state index in [9.17, 15) is 29.1 Å². The van der Waals surface area contributed by atoms with Crippen LogP contribution < -0.4 is 11.1 Å². The minimum atomic E-state index is -1.07. The quantitative estimate of drug-likeness (QED) is 0.368. The number of hydrogen-bond acceptors (Lipinski definition) is 6. The van der Waals surface area contributed by atoms with Crippen molar-refractivity contribution in [3.05, 3.63) is 0 Å². The van der Waals surface area contributed by atoms with Crippen molar-refractivity contribution in [3.8, 4) is 0 Å². The average molecular weight is 440 g/mol. The molecule has 3 amide bonds. The second-order valence-electron chi connectivity index (χ2n) is 8.49. The van der Waals surface area contributed by atoms with E-state index >= 15 is 0 Å². The minimum Gasteiger partial charge on any atom is -0.481 e. The summed E-state index contributed by atoms with van der Waals surface area (Å²) in [6, 6.07) is -3.63. The Morgan fingerprint density at radius 3 is 2.13 bits per heavy atom. The molecule has 4 unspecified atom stereocenters. The number of rotatable bonds is 9. The lowest BCUT2D eigenvalue weighted by molar-refractivity contribution is -0.152. The van der Waals surface area contributed by atoms with Gasteiger partial charge in [-0.3, -0.25) is 19.2 Å². The predicted octanol–water partition coefficient (Wildman–Crippen LogP) is -0.614. The zero-order valence-corrected chi connectivity index (χ0v) is 18.0. The van der Waals surface area contributed by atoms with Gasteiger partial charge in [0.2, 0.25) is 17.7 Å². The molecule has 0 aliphatic carbocycles. The lowest BCUT2D eigenvalue weighted by Gasteiger charge is -2.33. The Balaban J connectivity index is 2.10. The Hall–Kier alpha value is -2.69. The first-order chi connectivity index (χ1) is 14.5. The molecule has 4 atom stereocenters.